The van der Waals surface area contributed by atoms with Crippen LogP contribution in [0.1, 0.15) is 24.6 Å². The molecule has 0 bridgehead atoms. The average molecular weight is 237 g/mol. The van der Waals surface area contributed by atoms with Gasteiger partial charge in [0.1, 0.15) is 16.4 Å². The number of likely N-dealkylation sites (tertiary alicyclic amines) is 1. The van der Waals surface area contributed by atoms with Crippen molar-refractivity contribution in [3.05, 3.63) is 29.1 Å². The molecule has 1 aliphatic rings. The van der Waals surface area contributed by atoms with E-state index in [1.807, 2.05) is 12.1 Å². The lowest BCUT2D eigenvalue weighted by Gasteiger charge is -2.16. The molecule has 1 aliphatic heterocycles. The number of furan rings is 1. The molecule has 0 aromatic carbocycles. The minimum Gasteiger partial charge on any atom is -0.458 e. The molecule has 3 rings (SSSR count). The summed E-state index contributed by atoms with van der Waals surface area (Å²) in [5.41, 5.74) is 1.67. The highest BCUT2D eigenvalue weighted by molar-refractivity contribution is 6.29. The standard InChI is InChI=1S/C12H13ClN2O/c1-15-6-2-3-9(15)11-7-8-10(16-11)4-5-12(13)14-8/h4-5,7,9H,2-3,6H2,1H3. The van der Waals surface area contributed by atoms with Gasteiger partial charge in [-0.05, 0) is 38.6 Å². The van der Waals surface area contributed by atoms with Gasteiger partial charge in [-0.3, -0.25) is 4.90 Å². The third-order valence-electron chi connectivity index (χ3n) is 3.21. The van der Waals surface area contributed by atoms with Gasteiger partial charge in [0.25, 0.3) is 0 Å². The fourth-order valence-corrected chi connectivity index (χ4v) is 2.51. The Morgan fingerprint density at radius 2 is 2.38 bits per heavy atom. The van der Waals surface area contributed by atoms with Crippen LogP contribution in [0.15, 0.2) is 22.6 Å². The normalized spacial score (nSPS) is 22.0. The van der Waals surface area contributed by atoms with Gasteiger partial charge in [-0.1, -0.05) is 11.6 Å². The lowest BCUT2D eigenvalue weighted by atomic mass is 10.2. The van der Waals surface area contributed by atoms with Gasteiger partial charge in [-0.2, -0.15) is 0 Å². The van der Waals surface area contributed by atoms with Crippen molar-refractivity contribution < 1.29 is 4.42 Å². The molecule has 0 spiro atoms. The molecule has 2 aromatic rings. The Hall–Kier alpha value is -1.06. The van der Waals surface area contributed by atoms with Crippen LogP contribution in [0.2, 0.25) is 5.15 Å². The molecule has 1 atom stereocenters. The number of hydrogen-bond acceptors (Lipinski definition) is 3. The van der Waals surface area contributed by atoms with Crippen LogP contribution in [0.3, 0.4) is 0 Å². The minimum absolute atomic E-state index is 0.396. The summed E-state index contributed by atoms with van der Waals surface area (Å²) >= 11 is 5.85. The summed E-state index contributed by atoms with van der Waals surface area (Å²) in [6, 6.07) is 6.04. The third-order valence-corrected chi connectivity index (χ3v) is 3.42. The first kappa shape index (κ1) is 10.1. The van der Waals surface area contributed by atoms with E-state index in [0.29, 0.717) is 11.2 Å². The summed E-state index contributed by atoms with van der Waals surface area (Å²) in [5.74, 6) is 1.00. The summed E-state index contributed by atoms with van der Waals surface area (Å²) in [4.78, 5) is 6.56. The Bertz CT molecular complexity index is 523. The van der Waals surface area contributed by atoms with Gasteiger partial charge in [0.2, 0.25) is 0 Å². The molecule has 3 nitrogen and oxygen atoms in total. The van der Waals surface area contributed by atoms with Crippen molar-refractivity contribution in [3.8, 4) is 0 Å². The Morgan fingerprint density at radius 3 is 3.12 bits per heavy atom. The fraction of sp³-hybridized carbons (Fsp3) is 0.417. The first-order valence-corrected chi connectivity index (χ1v) is 5.88. The Morgan fingerprint density at radius 1 is 1.50 bits per heavy atom. The average Bonchev–Trinajstić information content (AvgIpc) is 2.82. The molecule has 1 fully saturated rings. The Kier molecular flexibility index (Phi) is 2.37. The van der Waals surface area contributed by atoms with Crippen molar-refractivity contribution in [2.75, 3.05) is 13.6 Å². The smallest absolute Gasteiger partial charge is 0.152 e. The van der Waals surface area contributed by atoms with Crippen molar-refractivity contribution in [2.24, 2.45) is 0 Å². The van der Waals surface area contributed by atoms with E-state index < -0.39 is 0 Å². The van der Waals surface area contributed by atoms with E-state index in [9.17, 15) is 0 Å². The Labute approximate surface area is 99.0 Å². The van der Waals surface area contributed by atoms with Crippen LogP contribution < -0.4 is 0 Å². The maximum absolute atomic E-state index is 5.85. The van der Waals surface area contributed by atoms with Crippen LogP contribution in [0.5, 0.6) is 0 Å². The molecule has 1 saturated heterocycles. The van der Waals surface area contributed by atoms with Gasteiger partial charge in [-0.25, -0.2) is 4.98 Å². The zero-order chi connectivity index (χ0) is 11.1. The first-order valence-electron chi connectivity index (χ1n) is 5.50. The zero-order valence-corrected chi connectivity index (χ0v) is 9.87. The fourth-order valence-electron chi connectivity index (χ4n) is 2.35. The zero-order valence-electron chi connectivity index (χ0n) is 9.11. The number of fused-ring (bicyclic) bond motifs is 1. The highest BCUT2D eigenvalue weighted by Crippen LogP contribution is 2.33. The molecule has 3 heterocycles. The summed E-state index contributed by atoms with van der Waals surface area (Å²) in [6.07, 6.45) is 2.39. The van der Waals surface area contributed by atoms with E-state index in [1.165, 1.54) is 6.42 Å². The van der Waals surface area contributed by atoms with Gasteiger partial charge < -0.3 is 4.42 Å². The van der Waals surface area contributed by atoms with E-state index >= 15 is 0 Å². The third kappa shape index (κ3) is 1.60. The molecular formula is C12H13ClN2O. The van der Waals surface area contributed by atoms with Gasteiger partial charge in [0.05, 0.1) is 6.04 Å². The topological polar surface area (TPSA) is 29.3 Å². The lowest BCUT2D eigenvalue weighted by molar-refractivity contribution is 0.281. The minimum atomic E-state index is 0.396. The molecule has 0 radical (unpaired) electrons. The second-order valence-corrected chi connectivity index (χ2v) is 4.69. The molecule has 2 aromatic heterocycles. The van der Waals surface area contributed by atoms with Crippen LogP contribution in [-0.4, -0.2) is 23.5 Å². The SMILES string of the molecule is CN1CCCC1c1cc2nc(Cl)ccc2o1. The highest BCUT2D eigenvalue weighted by Gasteiger charge is 2.25. The van der Waals surface area contributed by atoms with Crippen LogP contribution in [0.4, 0.5) is 0 Å². The highest BCUT2D eigenvalue weighted by atomic mass is 35.5. The molecule has 0 N–H and O–H groups in total. The molecule has 0 aliphatic carbocycles. The van der Waals surface area contributed by atoms with Gasteiger partial charge >= 0.3 is 0 Å². The van der Waals surface area contributed by atoms with Crippen LogP contribution in [-0.2, 0) is 0 Å². The molecule has 0 saturated carbocycles. The van der Waals surface area contributed by atoms with E-state index in [-0.39, 0.29) is 0 Å². The number of hydrogen-bond donors (Lipinski definition) is 0. The van der Waals surface area contributed by atoms with Crippen LogP contribution in [0.25, 0.3) is 11.1 Å². The molecular weight excluding hydrogens is 224 g/mol. The first-order chi connectivity index (χ1) is 7.74. The summed E-state index contributed by atoms with van der Waals surface area (Å²) in [6.45, 7) is 1.13. The largest absolute Gasteiger partial charge is 0.458 e. The van der Waals surface area contributed by atoms with Crippen molar-refractivity contribution in [1.29, 1.82) is 0 Å². The predicted molar refractivity (Wildman–Crippen MR) is 63.6 cm³/mol. The molecule has 0 amide bonds. The van der Waals surface area contributed by atoms with E-state index in [4.69, 9.17) is 16.0 Å². The van der Waals surface area contributed by atoms with Crippen molar-refractivity contribution in [3.63, 3.8) is 0 Å². The Balaban J connectivity index is 2.04. The van der Waals surface area contributed by atoms with Crippen LogP contribution in [0, 0.1) is 0 Å². The van der Waals surface area contributed by atoms with Crippen molar-refractivity contribution in [2.45, 2.75) is 18.9 Å². The summed E-state index contributed by atoms with van der Waals surface area (Å²) in [5, 5.41) is 0.514. The number of halogens is 1. The molecule has 16 heavy (non-hydrogen) atoms. The van der Waals surface area contributed by atoms with Gasteiger partial charge in [-0.15, -0.1) is 0 Å². The van der Waals surface area contributed by atoms with Crippen molar-refractivity contribution in [1.82, 2.24) is 9.88 Å². The maximum Gasteiger partial charge on any atom is 0.152 e. The molecule has 1 unspecified atom stereocenters. The lowest BCUT2D eigenvalue weighted by Crippen LogP contribution is -2.16. The second-order valence-electron chi connectivity index (χ2n) is 4.30. The van der Waals surface area contributed by atoms with Gasteiger partial charge in [0, 0.05) is 6.07 Å². The quantitative estimate of drug-likeness (QED) is 0.712. The van der Waals surface area contributed by atoms with Gasteiger partial charge in [0.15, 0.2) is 5.58 Å². The molecule has 4 heteroatoms. The van der Waals surface area contributed by atoms with Crippen LogP contribution >= 0.6 is 11.6 Å². The summed E-state index contributed by atoms with van der Waals surface area (Å²) in [7, 11) is 2.13. The number of pyridine rings is 1. The molecule has 84 valence electrons. The van der Waals surface area contributed by atoms with E-state index in [1.54, 1.807) is 6.07 Å². The van der Waals surface area contributed by atoms with Crippen molar-refractivity contribution >= 4 is 22.7 Å². The number of rotatable bonds is 1. The monoisotopic (exact) mass is 236 g/mol. The van der Waals surface area contributed by atoms with E-state index in [0.717, 1.165) is 29.8 Å². The summed E-state index contributed by atoms with van der Waals surface area (Å²) < 4.78 is 5.81. The van der Waals surface area contributed by atoms with E-state index in [2.05, 4.69) is 16.9 Å². The number of nitrogens with zero attached hydrogens (tertiary/aromatic N) is 2. The second kappa shape index (κ2) is 3.75. The predicted octanol–water partition coefficient (Wildman–Crippen LogP) is 3.25. The number of aromatic nitrogens is 1. The maximum atomic E-state index is 5.85.